The molecule has 5 nitrogen and oxygen atoms in total. The summed E-state index contributed by atoms with van der Waals surface area (Å²) in [5.74, 6) is 3.94. The van der Waals surface area contributed by atoms with Crippen molar-refractivity contribution in [2.45, 2.75) is 38.4 Å². The van der Waals surface area contributed by atoms with E-state index in [1.807, 2.05) is 36.9 Å². The maximum Gasteiger partial charge on any atom is 0.122 e. The zero-order chi connectivity index (χ0) is 23.8. The zero-order valence-electron chi connectivity index (χ0n) is 19.8. The molecule has 2 aromatic rings. The molecular weight excluding hydrogens is 458 g/mol. The predicted octanol–water partition coefficient (Wildman–Crippen LogP) is 4.09. The van der Waals surface area contributed by atoms with Crippen molar-refractivity contribution in [2.24, 2.45) is 0 Å². The molecule has 1 fully saturated rings. The minimum atomic E-state index is -0.673. The van der Waals surface area contributed by atoms with E-state index in [-0.39, 0.29) is 17.9 Å². The fourth-order valence-corrected chi connectivity index (χ4v) is 4.96. The molecule has 2 N–H and O–H groups in total. The van der Waals surface area contributed by atoms with Crippen LogP contribution in [-0.4, -0.2) is 77.6 Å². The third kappa shape index (κ3) is 7.52. The van der Waals surface area contributed by atoms with Gasteiger partial charge in [-0.3, -0.25) is 4.90 Å². The van der Waals surface area contributed by atoms with Gasteiger partial charge in [0, 0.05) is 36.6 Å². The molecule has 2 unspecified atom stereocenters. The van der Waals surface area contributed by atoms with Gasteiger partial charge in [0.05, 0.1) is 5.88 Å². The second-order valence-electron chi connectivity index (χ2n) is 9.13. The van der Waals surface area contributed by atoms with Gasteiger partial charge in [-0.25, -0.2) is 0 Å². The second kappa shape index (κ2) is 12.3. The number of ether oxygens (including phenoxy) is 2. The molecule has 1 heterocycles. The maximum atomic E-state index is 10.3. The van der Waals surface area contributed by atoms with Crippen LogP contribution >= 0.6 is 23.4 Å². The van der Waals surface area contributed by atoms with Crippen molar-refractivity contribution in [1.29, 1.82) is 0 Å². The van der Waals surface area contributed by atoms with E-state index in [2.05, 4.69) is 43.0 Å². The first-order valence-corrected chi connectivity index (χ1v) is 13.2. The number of benzene rings is 2. The third-order valence-corrected chi connectivity index (χ3v) is 7.40. The van der Waals surface area contributed by atoms with Gasteiger partial charge in [0.15, 0.2) is 0 Å². The van der Waals surface area contributed by atoms with E-state index in [0.29, 0.717) is 13.2 Å². The molecule has 0 bridgehead atoms. The lowest BCUT2D eigenvalue weighted by atomic mass is 9.77. The highest BCUT2D eigenvalue weighted by Crippen LogP contribution is 2.34. The molecule has 33 heavy (non-hydrogen) atoms. The Kier molecular flexibility index (Phi) is 9.77. The molecule has 0 spiro atoms. The molecule has 2 atom stereocenters. The van der Waals surface area contributed by atoms with Crippen LogP contribution in [0.2, 0.25) is 0 Å². The van der Waals surface area contributed by atoms with Gasteiger partial charge in [0.25, 0.3) is 0 Å². The molecule has 7 heteroatoms. The quantitative estimate of drug-likeness (QED) is 0.460. The second-order valence-corrected chi connectivity index (χ2v) is 10.7. The van der Waals surface area contributed by atoms with Crippen LogP contribution in [0, 0.1) is 6.92 Å². The van der Waals surface area contributed by atoms with Crippen molar-refractivity contribution in [1.82, 2.24) is 4.90 Å². The van der Waals surface area contributed by atoms with Gasteiger partial charge in [-0.2, -0.15) is 11.8 Å². The summed E-state index contributed by atoms with van der Waals surface area (Å²) in [5.41, 5.74) is 3.16. The van der Waals surface area contributed by atoms with Gasteiger partial charge < -0.3 is 19.7 Å². The summed E-state index contributed by atoms with van der Waals surface area (Å²) in [6, 6.07) is 14.3. The number of aliphatic hydroxyl groups is 2. The van der Waals surface area contributed by atoms with Crippen LogP contribution < -0.4 is 9.47 Å². The molecule has 1 saturated heterocycles. The highest BCUT2D eigenvalue weighted by atomic mass is 35.5. The van der Waals surface area contributed by atoms with Crippen LogP contribution in [0.3, 0.4) is 0 Å². The summed E-state index contributed by atoms with van der Waals surface area (Å²) in [4.78, 5) is 2.30. The molecule has 0 radical (unpaired) electrons. The van der Waals surface area contributed by atoms with Gasteiger partial charge in [0.1, 0.15) is 36.9 Å². The van der Waals surface area contributed by atoms with E-state index in [4.69, 9.17) is 21.1 Å². The molecule has 0 saturated carbocycles. The van der Waals surface area contributed by atoms with Crippen molar-refractivity contribution in [2.75, 3.05) is 50.2 Å². The number of aliphatic hydroxyl groups excluding tert-OH is 2. The van der Waals surface area contributed by atoms with Crippen LogP contribution in [0.25, 0.3) is 0 Å². The smallest absolute Gasteiger partial charge is 0.122 e. The van der Waals surface area contributed by atoms with Crippen molar-refractivity contribution >= 4 is 23.4 Å². The number of alkyl halides is 1. The number of β-amino-alcohol motifs (C(OH)–C–C–N with tert-alkyl or cyclic N) is 1. The monoisotopic (exact) mass is 493 g/mol. The lowest BCUT2D eigenvalue weighted by Crippen LogP contribution is -2.40. The number of halogens is 1. The van der Waals surface area contributed by atoms with E-state index in [9.17, 15) is 10.2 Å². The highest BCUT2D eigenvalue weighted by molar-refractivity contribution is 7.99. The topological polar surface area (TPSA) is 62.2 Å². The van der Waals surface area contributed by atoms with E-state index >= 15 is 0 Å². The Morgan fingerprint density at radius 3 is 2.24 bits per heavy atom. The van der Waals surface area contributed by atoms with Crippen LogP contribution in [0.1, 0.15) is 30.5 Å². The molecule has 0 aromatic heterocycles. The highest BCUT2D eigenvalue weighted by Gasteiger charge is 2.24. The van der Waals surface area contributed by atoms with Gasteiger partial charge in [-0.1, -0.05) is 38.1 Å². The number of rotatable bonds is 11. The number of hydrogen-bond donors (Lipinski definition) is 2. The Hall–Kier alpha value is -1.44. The Balaban J connectivity index is 1.57. The fraction of sp³-hybridized carbons (Fsp3) is 0.538. The Bertz CT molecular complexity index is 871. The summed E-state index contributed by atoms with van der Waals surface area (Å²) < 4.78 is 11.5. The van der Waals surface area contributed by atoms with Crippen molar-refractivity contribution in [3.63, 3.8) is 0 Å². The number of hydrogen-bond acceptors (Lipinski definition) is 6. The number of aryl methyl sites for hydroxylation is 1. The van der Waals surface area contributed by atoms with Gasteiger partial charge in [0.2, 0.25) is 0 Å². The predicted molar refractivity (Wildman–Crippen MR) is 137 cm³/mol. The average Bonchev–Trinajstić information content (AvgIpc) is 2.82. The summed E-state index contributed by atoms with van der Waals surface area (Å²) in [6.45, 7) is 9.60. The molecule has 0 amide bonds. The number of nitrogens with zero attached hydrogens (tertiary/aromatic N) is 1. The lowest BCUT2D eigenvalue weighted by Gasteiger charge is -2.28. The van der Waals surface area contributed by atoms with Crippen LogP contribution in [0.4, 0.5) is 0 Å². The average molecular weight is 494 g/mol. The first kappa shape index (κ1) is 26.2. The first-order chi connectivity index (χ1) is 15.8. The SMILES string of the molecule is Cc1cc(C(C)(C)c2ccc(OCC(O)CN3CCSCC3)cc2)ccc1OCC(O)CCl. The van der Waals surface area contributed by atoms with Gasteiger partial charge in [-0.15, -0.1) is 11.6 Å². The lowest BCUT2D eigenvalue weighted by molar-refractivity contribution is 0.0715. The van der Waals surface area contributed by atoms with Gasteiger partial charge in [-0.05, 0) is 41.8 Å². The molecule has 1 aliphatic rings. The van der Waals surface area contributed by atoms with Crippen molar-refractivity contribution < 1.29 is 19.7 Å². The van der Waals surface area contributed by atoms with E-state index in [1.54, 1.807) is 0 Å². The summed E-state index contributed by atoms with van der Waals surface area (Å²) in [5, 5.41) is 19.9. The number of thioether (sulfide) groups is 1. The Labute approximate surface area is 207 Å². The van der Waals surface area contributed by atoms with Crippen LogP contribution in [0.5, 0.6) is 11.5 Å². The van der Waals surface area contributed by atoms with Crippen molar-refractivity contribution in [3.8, 4) is 11.5 Å². The molecule has 3 rings (SSSR count). The molecule has 2 aromatic carbocycles. The largest absolute Gasteiger partial charge is 0.491 e. The van der Waals surface area contributed by atoms with Crippen molar-refractivity contribution in [3.05, 3.63) is 59.2 Å². The Morgan fingerprint density at radius 1 is 0.970 bits per heavy atom. The standard InChI is InChI=1S/C26H36ClNO4S/c1-19-14-21(6-9-25(19)32-17-22(29)15-27)26(2,3)20-4-7-24(8-5-20)31-18-23(30)16-28-10-12-33-13-11-28/h4-9,14,22-23,29-30H,10-13,15-18H2,1-3H3. The molecule has 182 valence electrons. The normalized spacial score (nSPS) is 16.9. The zero-order valence-corrected chi connectivity index (χ0v) is 21.4. The fourth-order valence-electron chi connectivity index (χ4n) is 3.89. The van der Waals surface area contributed by atoms with E-state index in [1.165, 1.54) is 11.1 Å². The summed E-state index contributed by atoms with van der Waals surface area (Å²) in [6.07, 6.45) is -1.16. The maximum absolute atomic E-state index is 10.3. The van der Waals surface area contributed by atoms with E-state index < -0.39 is 12.2 Å². The summed E-state index contributed by atoms with van der Waals surface area (Å²) >= 11 is 7.61. The minimum Gasteiger partial charge on any atom is -0.491 e. The molecular formula is C26H36ClNO4S. The molecule has 1 aliphatic heterocycles. The van der Waals surface area contributed by atoms with Gasteiger partial charge >= 0.3 is 0 Å². The molecule has 0 aliphatic carbocycles. The summed E-state index contributed by atoms with van der Waals surface area (Å²) in [7, 11) is 0. The van der Waals surface area contributed by atoms with Crippen LogP contribution in [0.15, 0.2) is 42.5 Å². The first-order valence-electron chi connectivity index (χ1n) is 11.5. The minimum absolute atomic E-state index is 0.153. The van der Waals surface area contributed by atoms with Crippen LogP contribution in [-0.2, 0) is 5.41 Å². The Morgan fingerprint density at radius 2 is 1.61 bits per heavy atom. The third-order valence-electron chi connectivity index (χ3n) is 6.10. The van der Waals surface area contributed by atoms with E-state index in [0.717, 1.165) is 41.7 Å².